The Balaban J connectivity index is 1.10. The highest BCUT2D eigenvalue weighted by Crippen LogP contribution is 2.36. The molecule has 0 fully saturated rings. The molecule has 0 atom stereocenters. The Morgan fingerprint density at radius 1 is 0.283 bits per heavy atom. The molecule has 10 aromatic rings. The van der Waals surface area contributed by atoms with Crippen LogP contribution < -0.4 is 0 Å². The van der Waals surface area contributed by atoms with Crippen molar-refractivity contribution < 1.29 is 0 Å². The molecule has 280 valence electrons. The average molecular weight is 768 g/mol. The predicted octanol–water partition coefficient (Wildman–Crippen LogP) is 12.4. The molecule has 0 aliphatic heterocycles. The van der Waals surface area contributed by atoms with Gasteiger partial charge >= 0.3 is 0 Å². The van der Waals surface area contributed by atoms with Crippen molar-refractivity contribution >= 4 is 10.8 Å². The highest BCUT2D eigenvalue weighted by molar-refractivity contribution is 5.95. The van der Waals surface area contributed by atoms with Crippen molar-refractivity contribution in [3.8, 4) is 96.7 Å². The number of benzene rings is 8. The maximum atomic E-state index is 9.75. The van der Waals surface area contributed by atoms with Gasteiger partial charge in [0.15, 0.2) is 34.9 Å². The van der Waals surface area contributed by atoms with Gasteiger partial charge in [-0.3, -0.25) is 0 Å². The second-order valence-corrected chi connectivity index (χ2v) is 14.2. The van der Waals surface area contributed by atoms with E-state index in [0.717, 1.165) is 66.4 Å². The monoisotopic (exact) mass is 767 g/mol. The maximum Gasteiger partial charge on any atom is 0.164 e. The lowest BCUT2D eigenvalue weighted by Crippen LogP contribution is -2.01. The minimum absolute atomic E-state index is 0.541. The standard InChI is InChI=1S/C53H33N7/c54-34-42-20-8-9-24-43(42)36-29-31-39(32-30-36)50-56-51(60-53(59-50)47-28-14-21-35-15-7-10-25-44(35)47)41-23-13-22-40(33-41)45-26-11-12-27-46(45)52-57-48(37-16-3-1-4-17-37)55-49(58-52)38-18-5-2-6-19-38/h1-33H. The van der Waals surface area contributed by atoms with E-state index in [1.54, 1.807) is 0 Å². The lowest BCUT2D eigenvalue weighted by Gasteiger charge is -2.13. The third-order valence-corrected chi connectivity index (χ3v) is 10.5. The van der Waals surface area contributed by atoms with Gasteiger partial charge in [0.2, 0.25) is 0 Å². The molecule has 2 aromatic heterocycles. The molecular weight excluding hydrogens is 735 g/mol. The summed E-state index contributed by atoms with van der Waals surface area (Å²) in [5.41, 5.74) is 9.62. The first-order valence-corrected chi connectivity index (χ1v) is 19.6. The van der Waals surface area contributed by atoms with Gasteiger partial charge in [-0.25, -0.2) is 29.9 Å². The van der Waals surface area contributed by atoms with Crippen LogP contribution in [-0.4, -0.2) is 29.9 Å². The molecule has 7 heteroatoms. The normalized spacial score (nSPS) is 11.0. The van der Waals surface area contributed by atoms with Crippen molar-refractivity contribution in [3.63, 3.8) is 0 Å². The van der Waals surface area contributed by atoms with Crippen LogP contribution >= 0.6 is 0 Å². The molecule has 0 N–H and O–H groups in total. The summed E-state index contributed by atoms with van der Waals surface area (Å²) in [5.74, 6) is 3.43. The molecule has 0 saturated heterocycles. The van der Waals surface area contributed by atoms with Crippen LogP contribution in [0.5, 0.6) is 0 Å². The Morgan fingerprint density at radius 3 is 1.37 bits per heavy atom. The van der Waals surface area contributed by atoms with Gasteiger partial charge in [0.25, 0.3) is 0 Å². The molecule has 60 heavy (non-hydrogen) atoms. The zero-order valence-corrected chi connectivity index (χ0v) is 32.2. The van der Waals surface area contributed by atoms with Gasteiger partial charge in [0.1, 0.15) is 0 Å². The molecule has 8 aromatic carbocycles. The Morgan fingerprint density at radius 2 is 0.700 bits per heavy atom. The number of nitrogens with zero attached hydrogens (tertiary/aromatic N) is 7. The van der Waals surface area contributed by atoms with Crippen LogP contribution in [0.1, 0.15) is 5.56 Å². The van der Waals surface area contributed by atoms with Gasteiger partial charge in [-0.05, 0) is 45.2 Å². The fourth-order valence-electron chi connectivity index (χ4n) is 7.49. The molecule has 0 saturated carbocycles. The topological polar surface area (TPSA) is 101 Å². The predicted molar refractivity (Wildman–Crippen MR) is 239 cm³/mol. The average Bonchev–Trinajstić information content (AvgIpc) is 3.34. The van der Waals surface area contributed by atoms with Crippen molar-refractivity contribution in [1.82, 2.24) is 29.9 Å². The summed E-state index contributed by atoms with van der Waals surface area (Å²) in [6.45, 7) is 0. The fraction of sp³-hybridized carbons (Fsp3) is 0. The van der Waals surface area contributed by atoms with Crippen molar-refractivity contribution in [1.29, 1.82) is 5.26 Å². The first-order chi connectivity index (χ1) is 29.7. The summed E-state index contributed by atoms with van der Waals surface area (Å²) < 4.78 is 0. The largest absolute Gasteiger partial charge is 0.208 e. The van der Waals surface area contributed by atoms with Gasteiger partial charge in [-0.15, -0.1) is 0 Å². The quantitative estimate of drug-likeness (QED) is 0.152. The van der Waals surface area contributed by atoms with Crippen LogP contribution in [0, 0.1) is 11.3 Å². The number of rotatable bonds is 8. The fourth-order valence-corrected chi connectivity index (χ4v) is 7.49. The summed E-state index contributed by atoms with van der Waals surface area (Å²) in [4.78, 5) is 30.4. The van der Waals surface area contributed by atoms with E-state index in [4.69, 9.17) is 29.9 Å². The van der Waals surface area contributed by atoms with Gasteiger partial charge in [-0.2, -0.15) is 5.26 Å². The van der Waals surface area contributed by atoms with E-state index in [9.17, 15) is 5.26 Å². The van der Waals surface area contributed by atoms with E-state index < -0.39 is 0 Å². The molecule has 0 radical (unpaired) electrons. The third-order valence-electron chi connectivity index (χ3n) is 10.5. The van der Waals surface area contributed by atoms with Crippen LogP contribution in [-0.2, 0) is 0 Å². The van der Waals surface area contributed by atoms with Crippen molar-refractivity contribution in [3.05, 3.63) is 206 Å². The zero-order valence-electron chi connectivity index (χ0n) is 32.2. The van der Waals surface area contributed by atoms with Gasteiger partial charge in [0.05, 0.1) is 11.6 Å². The summed E-state index contributed by atoms with van der Waals surface area (Å²) in [7, 11) is 0. The molecule has 0 spiro atoms. The molecule has 0 bridgehead atoms. The molecule has 0 aliphatic carbocycles. The van der Waals surface area contributed by atoms with Crippen molar-refractivity contribution in [2.45, 2.75) is 0 Å². The Kier molecular flexibility index (Phi) is 9.47. The Bertz CT molecular complexity index is 3150. The van der Waals surface area contributed by atoms with E-state index in [-0.39, 0.29) is 0 Å². The van der Waals surface area contributed by atoms with Crippen LogP contribution in [0.4, 0.5) is 0 Å². The van der Waals surface area contributed by atoms with Crippen molar-refractivity contribution in [2.24, 2.45) is 0 Å². The van der Waals surface area contributed by atoms with E-state index in [0.29, 0.717) is 40.5 Å². The van der Waals surface area contributed by atoms with Gasteiger partial charge < -0.3 is 0 Å². The molecular formula is C53H33N7. The van der Waals surface area contributed by atoms with Gasteiger partial charge in [-0.1, -0.05) is 188 Å². The highest BCUT2D eigenvalue weighted by Gasteiger charge is 2.18. The molecule has 2 heterocycles. The minimum Gasteiger partial charge on any atom is -0.208 e. The number of fused-ring (bicyclic) bond motifs is 1. The second kappa shape index (κ2) is 15.8. The summed E-state index contributed by atoms with van der Waals surface area (Å²) in [6, 6.07) is 68.9. The van der Waals surface area contributed by atoms with E-state index in [1.807, 2.05) is 152 Å². The first kappa shape index (κ1) is 35.9. The number of aromatic nitrogens is 6. The summed E-state index contributed by atoms with van der Waals surface area (Å²) in [5, 5.41) is 11.9. The number of hydrogen-bond donors (Lipinski definition) is 0. The van der Waals surface area contributed by atoms with Crippen LogP contribution in [0.2, 0.25) is 0 Å². The Labute approximate surface area is 347 Å². The Hall–Kier alpha value is -8.47. The van der Waals surface area contributed by atoms with Crippen LogP contribution in [0.25, 0.3) is 101 Å². The van der Waals surface area contributed by atoms with Crippen LogP contribution in [0.15, 0.2) is 200 Å². The first-order valence-electron chi connectivity index (χ1n) is 19.6. The lowest BCUT2D eigenvalue weighted by atomic mass is 9.97. The third kappa shape index (κ3) is 7.06. The highest BCUT2D eigenvalue weighted by atomic mass is 15.0. The van der Waals surface area contributed by atoms with E-state index >= 15 is 0 Å². The zero-order chi connectivity index (χ0) is 40.3. The smallest absolute Gasteiger partial charge is 0.164 e. The number of nitriles is 1. The van der Waals surface area contributed by atoms with Crippen LogP contribution in [0.3, 0.4) is 0 Å². The maximum absolute atomic E-state index is 9.75. The molecule has 0 aliphatic rings. The summed E-state index contributed by atoms with van der Waals surface area (Å²) in [6.07, 6.45) is 0. The van der Waals surface area contributed by atoms with E-state index in [1.165, 1.54) is 0 Å². The van der Waals surface area contributed by atoms with Crippen molar-refractivity contribution in [2.75, 3.05) is 0 Å². The molecule has 10 rings (SSSR count). The molecule has 0 unspecified atom stereocenters. The van der Waals surface area contributed by atoms with E-state index in [2.05, 4.69) is 54.6 Å². The SMILES string of the molecule is N#Cc1ccccc1-c1ccc(-c2nc(-c3cccc(-c4ccccc4-c4nc(-c5ccccc5)nc(-c5ccccc5)n4)c3)nc(-c3cccc4ccccc34)n2)cc1. The summed E-state index contributed by atoms with van der Waals surface area (Å²) >= 11 is 0. The molecule has 7 nitrogen and oxygen atoms in total. The van der Waals surface area contributed by atoms with Gasteiger partial charge in [0, 0.05) is 33.4 Å². The molecule has 0 amide bonds. The second-order valence-electron chi connectivity index (χ2n) is 14.2. The lowest BCUT2D eigenvalue weighted by molar-refractivity contribution is 1.07. The minimum atomic E-state index is 0.541. The number of hydrogen-bond acceptors (Lipinski definition) is 7.